The molecule has 0 fully saturated rings. The number of aliphatic hydroxyl groups excluding tert-OH is 1. The van der Waals surface area contributed by atoms with Gasteiger partial charge in [-0.15, -0.1) is 0 Å². The fourth-order valence-electron chi connectivity index (χ4n) is 11.2. The summed E-state index contributed by atoms with van der Waals surface area (Å²) in [5.74, 6) is -1.44. The van der Waals surface area contributed by atoms with E-state index >= 15 is 0 Å². The standard InChI is InChI=1S/C73H142O17P2/c1-6-9-12-15-18-21-24-27-28-29-30-31-33-36-39-42-49-54-59-73(78)89-68(62-83-70(75)56-51-46-40-37-35-32-25-22-19-16-13-10-7-2)64-87-91(79,80)85-60-67(74)61-86-92(81,82)88-65-69(63-84-71(76)57-52-47-44-43-45-50-55-66(4)5)90-72(77)58-53-48-41-38-34-26-23-20-17-14-11-8-3/h66-69,74H,6-65H2,1-5H3,(H,79,80)(H,81,82)/t67-,68-,69-/m1/s1. The lowest BCUT2D eigenvalue weighted by molar-refractivity contribution is -0.161. The van der Waals surface area contributed by atoms with Crippen molar-refractivity contribution in [1.29, 1.82) is 0 Å². The van der Waals surface area contributed by atoms with Crippen LogP contribution in [0.5, 0.6) is 0 Å². The zero-order chi connectivity index (χ0) is 67.7. The second-order valence-electron chi connectivity index (χ2n) is 26.8. The molecule has 5 atom stereocenters. The Bertz CT molecular complexity index is 1770. The highest BCUT2D eigenvalue weighted by molar-refractivity contribution is 7.47. The first-order chi connectivity index (χ1) is 44.5. The van der Waals surface area contributed by atoms with E-state index in [-0.39, 0.29) is 25.7 Å². The number of unbranched alkanes of at least 4 members (excludes halogenated alkanes) is 45. The molecule has 92 heavy (non-hydrogen) atoms. The topological polar surface area (TPSA) is 237 Å². The van der Waals surface area contributed by atoms with E-state index in [9.17, 15) is 43.2 Å². The van der Waals surface area contributed by atoms with Gasteiger partial charge in [0.15, 0.2) is 12.2 Å². The van der Waals surface area contributed by atoms with Crippen LogP contribution in [0, 0.1) is 5.92 Å². The van der Waals surface area contributed by atoms with Crippen molar-refractivity contribution >= 4 is 39.5 Å². The molecule has 3 N–H and O–H groups in total. The molecule has 0 aromatic heterocycles. The molecule has 0 aliphatic carbocycles. The van der Waals surface area contributed by atoms with E-state index in [1.54, 1.807) is 0 Å². The van der Waals surface area contributed by atoms with Gasteiger partial charge in [0.25, 0.3) is 0 Å². The van der Waals surface area contributed by atoms with Gasteiger partial charge in [-0.1, -0.05) is 330 Å². The van der Waals surface area contributed by atoms with Crippen LogP contribution in [-0.4, -0.2) is 96.7 Å². The number of carbonyl (C=O) groups is 4. The Morgan fingerprint density at radius 2 is 0.500 bits per heavy atom. The molecule has 0 aliphatic heterocycles. The lowest BCUT2D eigenvalue weighted by Crippen LogP contribution is -2.30. The lowest BCUT2D eigenvalue weighted by Gasteiger charge is -2.21. The molecule has 19 heteroatoms. The second-order valence-corrected chi connectivity index (χ2v) is 29.7. The first kappa shape index (κ1) is 90.1. The fraction of sp³-hybridized carbons (Fsp3) is 0.945. The quantitative estimate of drug-likeness (QED) is 0.0222. The summed E-state index contributed by atoms with van der Waals surface area (Å²) in [4.78, 5) is 72.6. The Balaban J connectivity index is 5.22. The minimum absolute atomic E-state index is 0.107. The van der Waals surface area contributed by atoms with Crippen LogP contribution in [0.15, 0.2) is 0 Å². The van der Waals surface area contributed by atoms with E-state index in [0.717, 1.165) is 96.3 Å². The number of phosphoric acid groups is 2. The van der Waals surface area contributed by atoms with Gasteiger partial charge in [0.1, 0.15) is 19.3 Å². The molecule has 546 valence electrons. The first-order valence-electron chi connectivity index (χ1n) is 38.1. The van der Waals surface area contributed by atoms with Crippen molar-refractivity contribution in [3.8, 4) is 0 Å². The van der Waals surface area contributed by atoms with E-state index in [1.807, 2.05) is 0 Å². The molecule has 0 rings (SSSR count). The first-order valence-corrected chi connectivity index (χ1v) is 41.1. The molecule has 0 aromatic rings. The van der Waals surface area contributed by atoms with E-state index in [1.165, 1.54) is 199 Å². The van der Waals surface area contributed by atoms with Gasteiger partial charge in [0.05, 0.1) is 26.4 Å². The van der Waals surface area contributed by atoms with Crippen molar-refractivity contribution in [2.45, 2.75) is 400 Å². The second kappa shape index (κ2) is 66.3. The maximum Gasteiger partial charge on any atom is 0.472 e. The van der Waals surface area contributed by atoms with Crippen molar-refractivity contribution < 1.29 is 80.2 Å². The summed E-state index contributed by atoms with van der Waals surface area (Å²) in [6.45, 7) is 7.19. The Hall–Kier alpha value is -1.94. The largest absolute Gasteiger partial charge is 0.472 e. The number of carbonyl (C=O) groups excluding carboxylic acids is 4. The van der Waals surface area contributed by atoms with E-state index < -0.39 is 97.5 Å². The van der Waals surface area contributed by atoms with E-state index in [2.05, 4.69) is 34.6 Å². The van der Waals surface area contributed by atoms with Crippen LogP contribution in [0.2, 0.25) is 0 Å². The molecule has 0 heterocycles. The lowest BCUT2D eigenvalue weighted by atomic mass is 10.0. The van der Waals surface area contributed by atoms with Crippen LogP contribution in [-0.2, 0) is 65.4 Å². The molecular weight excluding hydrogens is 1210 g/mol. The average molecular weight is 1350 g/mol. The number of hydrogen-bond acceptors (Lipinski definition) is 15. The zero-order valence-electron chi connectivity index (χ0n) is 59.7. The van der Waals surface area contributed by atoms with Crippen molar-refractivity contribution in [2.75, 3.05) is 39.6 Å². The van der Waals surface area contributed by atoms with Crippen LogP contribution < -0.4 is 0 Å². The van der Waals surface area contributed by atoms with Gasteiger partial charge in [0.2, 0.25) is 0 Å². The molecule has 0 aromatic carbocycles. The predicted octanol–water partition coefficient (Wildman–Crippen LogP) is 21.3. The highest BCUT2D eigenvalue weighted by Crippen LogP contribution is 2.45. The monoisotopic (exact) mass is 1350 g/mol. The van der Waals surface area contributed by atoms with E-state index in [0.29, 0.717) is 31.6 Å². The molecule has 0 saturated carbocycles. The third kappa shape index (κ3) is 66.7. The van der Waals surface area contributed by atoms with Gasteiger partial charge in [-0.2, -0.15) is 0 Å². The number of hydrogen-bond donors (Lipinski definition) is 3. The predicted molar refractivity (Wildman–Crippen MR) is 372 cm³/mol. The summed E-state index contributed by atoms with van der Waals surface area (Å²) >= 11 is 0. The van der Waals surface area contributed by atoms with Crippen molar-refractivity contribution in [1.82, 2.24) is 0 Å². The fourth-order valence-corrected chi connectivity index (χ4v) is 12.8. The van der Waals surface area contributed by atoms with E-state index in [4.69, 9.17) is 37.0 Å². The maximum absolute atomic E-state index is 13.1. The molecule has 0 amide bonds. The number of esters is 4. The summed E-state index contributed by atoms with van der Waals surface area (Å²) in [5.41, 5.74) is 0. The maximum atomic E-state index is 13.1. The summed E-state index contributed by atoms with van der Waals surface area (Å²) < 4.78 is 68.4. The third-order valence-electron chi connectivity index (χ3n) is 17.0. The van der Waals surface area contributed by atoms with Crippen molar-refractivity contribution in [3.05, 3.63) is 0 Å². The molecular formula is C73H142O17P2. The Morgan fingerprint density at radius 3 is 0.739 bits per heavy atom. The van der Waals surface area contributed by atoms with Gasteiger partial charge < -0.3 is 33.8 Å². The highest BCUT2D eigenvalue weighted by Gasteiger charge is 2.30. The highest BCUT2D eigenvalue weighted by atomic mass is 31.2. The SMILES string of the molecule is CCCCCCCCCCCCCCCCCCCCC(=O)O[C@H](COC(=O)CCCCCCCCCCCCCCC)COP(=O)(O)OC[C@@H](O)COP(=O)(O)OC[C@@H](COC(=O)CCCCCCCCC(C)C)OC(=O)CCCCCCCCCCCCCC. The summed E-state index contributed by atoms with van der Waals surface area (Å²) in [7, 11) is -9.90. The molecule has 17 nitrogen and oxygen atoms in total. The van der Waals surface area contributed by atoms with Gasteiger partial charge in [0, 0.05) is 25.7 Å². The summed E-state index contributed by atoms with van der Waals surface area (Å²) in [5, 5.41) is 10.6. The minimum atomic E-state index is -4.95. The van der Waals surface area contributed by atoms with Crippen molar-refractivity contribution in [3.63, 3.8) is 0 Å². The smallest absolute Gasteiger partial charge is 0.462 e. The number of ether oxygens (including phenoxy) is 4. The number of aliphatic hydroxyl groups is 1. The molecule has 0 aliphatic rings. The van der Waals surface area contributed by atoms with Gasteiger partial charge >= 0.3 is 39.5 Å². The van der Waals surface area contributed by atoms with Crippen LogP contribution in [0.25, 0.3) is 0 Å². The zero-order valence-corrected chi connectivity index (χ0v) is 61.5. The molecule has 0 saturated heterocycles. The van der Waals surface area contributed by atoms with Gasteiger partial charge in [-0.3, -0.25) is 37.3 Å². The number of rotatable bonds is 73. The van der Waals surface area contributed by atoms with Crippen LogP contribution in [0.1, 0.15) is 381 Å². The minimum Gasteiger partial charge on any atom is -0.462 e. The molecule has 0 bridgehead atoms. The van der Waals surface area contributed by atoms with Gasteiger partial charge in [-0.25, -0.2) is 9.13 Å². The Morgan fingerprint density at radius 1 is 0.293 bits per heavy atom. The summed E-state index contributed by atoms with van der Waals surface area (Å²) in [6, 6.07) is 0. The van der Waals surface area contributed by atoms with Gasteiger partial charge in [-0.05, 0) is 31.6 Å². The Labute approximate surface area is 562 Å². The molecule has 0 spiro atoms. The normalized spacial score (nSPS) is 14.0. The Kier molecular flexibility index (Phi) is 64.9. The van der Waals surface area contributed by atoms with Crippen LogP contribution >= 0.6 is 15.6 Å². The summed E-state index contributed by atoms with van der Waals surface area (Å²) in [6.07, 6.45) is 54.2. The molecule has 0 radical (unpaired) electrons. The molecule has 2 unspecified atom stereocenters. The van der Waals surface area contributed by atoms with Crippen LogP contribution in [0.4, 0.5) is 0 Å². The number of phosphoric ester groups is 2. The average Bonchev–Trinajstić information content (AvgIpc) is 2.42. The van der Waals surface area contributed by atoms with Crippen LogP contribution in [0.3, 0.4) is 0 Å². The van der Waals surface area contributed by atoms with Crippen molar-refractivity contribution in [2.24, 2.45) is 5.92 Å². The third-order valence-corrected chi connectivity index (χ3v) is 18.9.